The van der Waals surface area contributed by atoms with E-state index in [-0.39, 0.29) is 17.4 Å². The lowest BCUT2D eigenvalue weighted by molar-refractivity contribution is 0.232. The Labute approximate surface area is 186 Å². The van der Waals surface area contributed by atoms with E-state index in [0.29, 0.717) is 11.0 Å². The lowest BCUT2D eigenvalue weighted by Gasteiger charge is -2.37. The average Bonchev–Trinajstić information content (AvgIpc) is 2.69. The van der Waals surface area contributed by atoms with Crippen LogP contribution in [0.4, 0.5) is 5.69 Å². The number of nitrogens with one attached hydrogen (secondary N) is 1. The van der Waals surface area contributed by atoms with Crippen molar-refractivity contribution in [2.75, 3.05) is 19.4 Å². The number of para-hydroxylation sites is 1. The van der Waals surface area contributed by atoms with E-state index in [9.17, 15) is 16.8 Å². The fourth-order valence-corrected chi connectivity index (χ4v) is 6.33. The maximum absolute atomic E-state index is 12.8. The smallest absolute Gasteiger partial charge is 0.242 e. The fourth-order valence-electron chi connectivity index (χ4n) is 4.31. The van der Waals surface area contributed by atoms with Gasteiger partial charge in [-0.25, -0.2) is 26.3 Å². The molecule has 1 atom stereocenters. The Morgan fingerprint density at radius 1 is 1.06 bits per heavy atom. The summed E-state index contributed by atoms with van der Waals surface area (Å²) in [5.41, 5.74) is 1.58. The van der Waals surface area contributed by atoms with Gasteiger partial charge in [-0.1, -0.05) is 44.2 Å². The highest BCUT2D eigenvalue weighted by Crippen LogP contribution is 2.43. The lowest BCUT2D eigenvalue weighted by Crippen LogP contribution is -2.41. The van der Waals surface area contributed by atoms with E-state index < -0.39 is 24.8 Å². The van der Waals surface area contributed by atoms with Gasteiger partial charge in [-0.3, -0.25) is 0 Å². The van der Waals surface area contributed by atoms with E-state index in [1.54, 1.807) is 12.1 Å². The van der Waals surface area contributed by atoms with Crippen LogP contribution in [-0.2, 0) is 24.8 Å². The average molecular weight is 468 g/mol. The normalized spacial score (nSPS) is 24.8. The molecule has 1 aromatic rings. The summed E-state index contributed by atoms with van der Waals surface area (Å²) >= 11 is 0. The number of primary sulfonamides is 1. The van der Waals surface area contributed by atoms with Crippen LogP contribution in [0, 0.1) is 5.41 Å². The molecular formula is C22H33N3O4S2. The summed E-state index contributed by atoms with van der Waals surface area (Å²) in [5.74, 6) is 0. The van der Waals surface area contributed by atoms with E-state index in [4.69, 9.17) is 5.14 Å². The third kappa shape index (κ3) is 4.74. The van der Waals surface area contributed by atoms with E-state index in [0.717, 1.165) is 35.7 Å². The van der Waals surface area contributed by atoms with Crippen molar-refractivity contribution in [2.45, 2.75) is 56.7 Å². The molecule has 0 heterocycles. The highest BCUT2D eigenvalue weighted by Gasteiger charge is 2.44. The molecule has 172 valence electrons. The first kappa shape index (κ1) is 24.0. The Bertz CT molecular complexity index is 1100. The number of hydrogen-bond donors (Lipinski definition) is 2. The number of anilines is 1. The first-order valence-corrected chi connectivity index (χ1v) is 13.5. The standard InChI is InChI=1S/C22H33N3O4S2/c1-21(2)13-9-17(10-14-21)24-20-8-6-5-7-19(20)22(31(23,28)29)15-11-18(12-16-22)30(26,27)25(3)4/h5-8,11-12,15,17,24H,9-10,13-14,16H2,1-4H3,(H2,23,28,29). The number of allylic oxidation sites excluding steroid dienone is 2. The molecule has 0 spiro atoms. The summed E-state index contributed by atoms with van der Waals surface area (Å²) in [4.78, 5) is 0.0664. The molecule has 0 aliphatic heterocycles. The summed E-state index contributed by atoms with van der Waals surface area (Å²) < 4.78 is 50.2. The van der Waals surface area contributed by atoms with Crippen molar-refractivity contribution < 1.29 is 16.8 Å². The summed E-state index contributed by atoms with van der Waals surface area (Å²) in [6.07, 6.45) is 8.37. The Morgan fingerprint density at radius 2 is 1.68 bits per heavy atom. The predicted molar refractivity (Wildman–Crippen MR) is 125 cm³/mol. The Balaban J connectivity index is 1.98. The van der Waals surface area contributed by atoms with Crippen LogP contribution in [0.25, 0.3) is 0 Å². The first-order valence-electron chi connectivity index (χ1n) is 10.5. The number of rotatable bonds is 6. The predicted octanol–water partition coefficient (Wildman–Crippen LogP) is 3.29. The fraction of sp³-hybridized carbons (Fsp3) is 0.545. The van der Waals surface area contributed by atoms with Gasteiger partial charge >= 0.3 is 0 Å². The number of sulfonamides is 2. The first-order chi connectivity index (χ1) is 14.3. The molecule has 3 rings (SSSR count). The van der Waals surface area contributed by atoms with E-state index in [1.165, 1.54) is 32.3 Å². The highest BCUT2D eigenvalue weighted by atomic mass is 32.2. The molecule has 2 aliphatic rings. The van der Waals surface area contributed by atoms with Crippen molar-refractivity contribution in [1.29, 1.82) is 0 Å². The molecule has 0 saturated heterocycles. The van der Waals surface area contributed by atoms with Gasteiger partial charge in [0.25, 0.3) is 0 Å². The van der Waals surface area contributed by atoms with Crippen molar-refractivity contribution in [3.8, 4) is 0 Å². The number of hydrogen-bond acceptors (Lipinski definition) is 5. The largest absolute Gasteiger partial charge is 0.382 e. The minimum absolute atomic E-state index is 0.0544. The van der Waals surface area contributed by atoms with Crippen LogP contribution in [0.1, 0.15) is 51.5 Å². The van der Waals surface area contributed by atoms with Gasteiger partial charge in [0.1, 0.15) is 4.75 Å². The minimum Gasteiger partial charge on any atom is -0.382 e. The lowest BCUT2D eigenvalue weighted by atomic mass is 9.75. The van der Waals surface area contributed by atoms with Crippen molar-refractivity contribution in [3.63, 3.8) is 0 Å². The maximum Gasteiger partial charge on any atom is 0.242 e. The molecule has 7 nitrogen and oxygen atoms in total. The quantitative estimate of drug-likeness (QED) is 0.667. The van der Waals surface area contributed by atoms with Crippen molar-refractivity contribution in [3.05, 3.63) is 53.0 Å². The van der Waals surface area contributed by atoms with Crippen LogP contribution in [-0.4, -0.2) is 41.3 Å². The second-order valence-electron chi connectivity index (χ2n) is 9.49. The molecule has 0 bridgehead atoms. The molecule has 1 fully saturated rings. The molecular weight excluding hydrogens is 434 g/mol. The second-order valence-corrected chi connectivity index (χ2v) is 13.5. The third-order valence-electron chi connectivity index (χ3n) is 6.49. The van der Waals surface area contributed by atoms with Crippen LogP contribution in [0.3, 0.4) is 0 Å². The molecule has 3 N–H and O–H groups in total. The van der Waals surface area contributed by atoms with Gasteiger partial charge in [-0.15, -0.1) is 0 Å². The summed E-state index contributed by atoms with van der Waals surface area (Å²) in [7, 11) is -4.88. The van der Waals surface area contributed by atoms with Crippen LogP contribution in [0.15, 0.2) is 47.4 Å². The summed E-state index contributed by atoms with van der Waals surface area (Å²) in [5, 5.41) is 9.27. The molecule has 2 aliphatic carbocycles. The van der Waals surface area contributed by atoms with Crippen molar-refractivity contribution >= 4 is 25.7 Å². The molecule has 1 aromatic carbocycles. The SMILES string of the molecule is CN(C)S(=O)(=O)C1=CCC(c2ccccc2NC2CCC(C)(C)CC2)(S(N)(=O)=O)C=C1. The van der Waals surface area contributed by atoms with Gasteiger partial charge in [-0.2, -0.15) is 0 Å². The zero-order valence-corrected chi connectivity index (χ0v) is 20.3. The maximum atomic E-state index is 12.8. The molecule has 9 heteroatoms. The summed E-state index contributed by atoms with van der Waals surface area (Å²) in [6.45, 7) is 4.54. The molecule has 1 unspecified atom stereocenters. The van der Waals surface area contributed by atoms with Gasteiger partial charge in [0, 0.05) is 31.4 Å². The summed E-state index contributed by atoms with van der Waals surface area (Å²) in [6, 6.07) is 7.51. The highest BCUT2D eigenvalue weighted by molar-refractivity contribution is 7.93. The van der Waals surface area contributed by atoms with Crippen molar-refractivity contribution in [1.82, 2.24) is 4.31 Å². The van der Waals surface area contributed by atoms with Crippen molar-refractivity contribution in [2.24, 2.45) is 10.6 Å². The van der Waals surface area contributed by atoms with E-state index in [2.05, 4.69) is 19.2 Å². The molecule has 0 radical (unpaired) electrons. The Hall–Kier alpha value is -1.68. The van der Waals surface area contributed by atoms with E-state index in [1.807, 2.05) is 12.1 Å². The topological polar surface area (TPSA) is 110 Å². The molecule has 0 amide bonds. The number of nitrogens with zero attached hydrogens (tertiary/aromatic N) is 1. The molecule has 0 aromatic heterocycles. The van der Waals surface area contributed by atoms with E-state index >= 15 is 0 Å². The zero-order valence-electron chi connectivity index (χ0n) is 18.6. The third-order valence-corrected chi connectivity index (χ3v) is 9.89. The Kier molecular flexibility index (Phi) is 6.46. The Morgan fingerprint density at radius 3 is 2.19 bits per heavy atom. The van der Waals surface area contributed by atoms with Gasteiger partial charge in [0.15, 0.2) is 0 Å². The zero-order chi connectivity index (χ0) is 23.1. The second kappa shape index (κ2) is 8.35. The monoisotopic (exact) mass is 467 g/mol. The number of benzene rings is 1. The van der Waals surface area contributed by atoms with Crippen LogP contribution in [0.5, 0.6) is 0 Å². The van der Waals surface area contributed by atoms with Gasteiger partial charge < -0.3 is 5.32 Å². The van der Waals surface area contributed by atoms with Crippen LogP contribution >= 0.6 is 0 Å². The van der Waals surface area contributed by atoms with Gasteiger partial charge in [0.2, 0.25) is 20.0 Å². The van der Waals surface area contributed by atoms with Gasteiger partial charge in [-0.05, 0) is 49.7 Å². The van der Waals surface area contributed by atoms with Crippen LogP contribution < -0.4 is 10.5 Å². The number of nitrogens with two attached hydrogens (primary N) is 1. The van der Waals surface area contributed by atoms with Crippen LogP contribution in [0.2, 0.25) is 0 Å². The van der Waals surface area contributed by atoms with Gasteiger partial charge in [0.05, 0.1) is 4.91 Å². The minimum atomic E-state index is -4.09. The molecule has 1 saturated carbocycles. The molecule has 31 heavy (non-hydrogen) atoms.